The van der Waals surface area contributed by atoms with Gasteiger partial charge >= 0.3 is 0 Å². The van der Waals surface area contributed by atoms with Gasteiger partial charge in [0.25, 0.3) is 5.91 Å². The first-order chi connectivity index (χ1) is 7.16. The minimum absolute atomic E-state index is 0.211. The van der Waals surface area contributed by atoms with Crippen LogP contribution >= 0.6 is 11.3 Å². The number of nitrogens with zero attached hydrogens (tertiary/aromatic N) is 1. The van der Waals surface area contributed by atoms with Crippen LogP contribution in [-0.4, -0.2) is 23.9 Å². The van der Waals surface area contributed by atoms with Crippen molar-refractivity contribution in [1.29, 1.82) is 0 Å². The predicted molar refractivity (Wildman–Crippen MR) is 63.2 cm³/mol. The third-order valence-corrected chi connectivity index (χ3v) is 3.75. The summed E-state index contributed by atoms with van der Waals surface area (Å²) >= 11 is 1.54. The quantitative estimate of drug-likeness (QED) is 0.717. The highest BCUT2D eigenvalue weighted by Gasteiger charge is 2.26. The van der Waals surface area contributed by atoms with Crippen molar-refractivity contribution in [3.05, 3.63) is 22.4 Å². The minimum atomic E-state index is 0.211. The summed E-state index contributed by atoms with van der Waals surface area (Å²) in [6.45, 7) is 6.29. The average Bonchev–Trinajstić information content (AvgIpc) is 2.67. The zero-order valence-electron chi connectivity index (χ0n) is 9.27. The maximum absolute atomic E-state index is 12.1. The number of amides is 1. The van der Waals surface area contributed by atoms with Gasteiger partial charge in [-0.15, -0.1) is 11.3 Å². The van der Waals surface area contributed by atoms with Gasteiger partial charge < -0.3 is 4.90 Å². The van der Waals surface area contributed by atoms with Crippen LogP contribution in [0.25, 0.3) is 0 Å². The van der Waals surface area contributed by atoms with Crippen molar-refractivity contribution in [2.24, 2.45) is 11.8 Å². The maximum Gasteiger partial charge on any atom is 0.263 e. The molecule has 2 atom stereocenters. The third-order valence-electron chi connectivity index (χ3n) is 2.89. The number of piperidine rings is 1. The van der Waals surface area contributed by atoms with Gasteiger partial charge in [-0.1, -0.05) is 19.9 Å². The lowest BCUT2D eigenvalue weighted by atomic mass is 9.92. The van der Waals surface area contributed by atoms with E-state index >= 15 is 0 Å². The zero-order chi connectivity index (χ0) is 10.8. The van der Waals surface area contributed by atoms with Gasteiger partial charge in [-0.2, -0.15) is 0 Å². The van der Waals surface area contributed by atoms with Gasteiger partial charge in [-0.05, 0) is 29.7 Å². The Morgan fingerprint density at radius 3 is 2.60 bits per heavy atom. The highest BCUT2D eigenvalue weighted by molar-refractivity contribution is 7.12. The van der Waals surface area contributed by atoms with E-state index in [1.54, 1.807) is 0 Å². The van der Waals surface area contributed by atoms with Crippen LogP contribution in [0.2, 0.25) is 0 Å². The van der Waals surface area contributed by atoms with E-state index in [0.717, 1.165) is 18.0 Å². The zero-order valence-corrected chi connectivity index (χ0v) is 10.1. The molecule has 0 radical (unpaired) electrons. The molecule has 2 rings (SSSR count). The fraction of sp³-hybridized carbons (Fsp3) is 0.583. The highest BCUT2D eigenvalue weighted by Crippen LogP contribution is 2.23. The van der Waals surface area contributed by atoms with E-state index in [1.807, 2.05) is 22.4 Å². The normalized spacial score (nSPS) is 26.7. The molecule has 1 aromatic rings. The number of thiophene rings is 1. The number of rotatable bonds is 1. The predicted octanol–water partition coefficient (Wildman–Crippen LogP) is 2.87. The molecular weight excluding hydrogens is 206 g/mol. The smallest absolute Gasteiger partial charge is 0.263 e. The van der Waals surface area contributed by atoms with Crippen LogP contribution in [0.5, 0.6) is 0 Å². The van der Waals surface area contributed by atoms with Crippen molar-refractivity contribution in [2.45, 2.75) is 20.3 Å². The molecule has 82 valence electrons. The van der Waals surface area contributed by atoms with Gasteiger partial charge in [0.2, 0.25) is 0 Å². The van der Waals surface area contributed by atoms with Crippen molar-refractivity contribution >= 4 is 17.2 Å². The van der Waals surface area contributed by atoms with E-state index in [1.165, 1.54) is 17.8 Å². The first-order valence-corrected chi connectivity index (χ1v) is 6.37. The first-order valence-electron chi connectivity index (χ1n) is 5.49. The van der Waals surface area contributed by atoms with Crippen molar-refractivity contribution in [1.82, 2.24) is 4.90 Å². The summed E-state index contributed by atoms with van der Waals surface area (Å²) in [5, 5.41) is 1.96. The van der Waals surface area contributed by atoms with Crippen LogP contribution < -0.4 is 0 Å². The molecule has 0 aromatic carbocycles. The fourth-order valence-corrected chi connectivity index (χ4v) is 3.08. The highest BCUT2D eigenvalue weighted by atomic mass is 32.1. The van der Waals surface area contributed by atoms with Crippen LogP contribution in [0.3, 0.4) is 0 Å². The summed E-state index contributed by atoms with van der Waals surface area (Å²) in [4.78, 5) is 15.0. The second-order valence-corrected chi connectivity index (χ2v) is 5.58. The van der Waals surface area contributed by atoms with Crippen molar-refractivity contribution in [3.63, 3.8) is 0 Å². The summed E-state index contributed by atoms with van der Waals surface area (Å²) in [5.41, 5.74) is 0. The lowest BCUT2D eigenvalue weighted by Gasteiger charge is -2.34. The van der Waals surface area contributed by atoms with E-state index in [4.69, 9.17) is 0 Å². The van der Waals surface area contributed by atoms with Crippen molar-refractivity contribution in [3.8, 4) is 0 Å². The Kier molecular flexibility index (Phi) is 3.10. The number of hydrogen-bond donors (Lipinski definition) is 0. The molecule has 0 N–H and O–H groups in total. The molecule has 1 saturated heterocycles. The molecule has 2 heterocycles. The van der Waals surface area contributed by atoms with E-state index in [9.17, 15) is 4.79 Å². The monoisotopic (exact) mass is 223 g/mol. The molecular formula is C12H17NOS. The number of hydrogen-bond acceptors (Lipinski definition) is 2. The molecule has 1 fully saturated rings. The second-order valence-electron chi connectivity index (χ2n) is 4.63. The summed E-state index contributed by atoms with van der Waals surface area (Å²) < 4.78 is 0. The van der Waals surface area contributed by atoms with E-state index in [2.05, 4.69) is 13.8 Å². The largest absolute Gasteiger partial charge is 0.337 e. The lowest BCUT2D eigenvalue weighted by Crippen LogP contribution is -2.42. The SMILES string of the molecule is C[C@@H]1C[C@H](C)CN(C(=O)c2cccs2)C1. The number of likely N-dealkylation sites (tertiary alicyclic amines) is 1. The summed E-state index contributed by atoms with van der Waals surface area (Å²) in [7, 11) is 0. The molecule has 1 aliphatic rings. The van der Waals surface area contributed by atoms with Gasteiger partial charge in [0.05, 0.1) is 4.88 Å². The number of carbonyl (C=O) groups is 1. The van der Waals surface area contributed by atoms with E-state index < -0.39 is 0 Å². The number of carbonyl (C=O) groups excluding carboxylic acids is 1. The Labute approximate surface area is 94.9 Å². The van der Waals surface area contributed by atoms with Gasteiger partial charge in [0.15, 0.2) is 0 Å². The molecule has 0 unspecified atom stereocenters. The minimum Gasteiger partial charge on any atom is -0.337 e. The van der Waals surface area contributed by atoms with E-state index in [0.29, 0.717) is 11.8 Å². The average molecular weight is 223 g/mol. The van der Waals surface area contributed by atoms with Crippen LogP contribution in [0.1, 0.15) is 29.9 Å². The van der Waals surface area contributed by atoms with Gasteiger partial charge in [0.1, 0.15) is 0 Å². The third kappa shape index (κ3) is 2.40. The van der Waals surface area contributed by atoms with Gasteiger partial charge in [-0.25, -0.2) is 0 Å². The molecule has 0 aliphatic carbocycles. The molecule has 2 nitrogen and oxygen atoms in total. The lowest BCUT2D eigenvalue weighted by molar-refractivity contribution is 0.0628. The topological polar surface area (TPSA) is 20.3 Å². The molecule has 1 aromatic heterocycles. The molecule has 1 aliphatic heterocycles. The summed E-state index contributed by atoms with van der Waals surface area (Å²) in [6, 6.07) is 3.85. The Balaban J connectivity index is 2.07. The first kappa shape index (κ1) is 10.7. The Morgan fingerprint density at radius 2 is 2.07 bits per heavy atom. The van der Waals surface area contributed by atoms with Gasteiger partial charge in [-0.3, -0.25) is 4.79 Å². The van der Waals surface area contributed by atoms with Crippen molar-refractivity contribution < 1.29 is 4.79 Å². The maximum atomic E-state index is 12.1. The molecule has 0 bridgehead atoms. The second kappa shape index (κ2) is 4.35. The Morgan fingerprint density at radius 1 is 1.40 bits per heavy atom. The van der Waals surface area contributed by atoms with Crippen LogP contribution in [-0.2, 0) is 0 Å². The fourth-order valence-electron chi connectivity index (χ4n) is 2.38. The molecule has 3 heteroatoms. The molecule has 0 spiro atoms. The summed E-state index contributed by atoms with van der Waals surface area (Å²) in [6.07, 6.45) is 1.24. The molecule has 0 saturated carbocycles. The molecule has 15 heavy (non-hydrogen) atoms. The Bertz CT molecular complexity index is 323. The van der Waals surface area contributed by atoms with Crippen LogP contribution in [0.4, 0.5) is 0 Å². The van der Waals surface area contributed by atoms with Crippen molar-refractivity contribution in [2.75, 3.05) is 13.1 Å². The van der Waals surface area contributed by atoms with E-state index in [-0.39, 0.29) is 5.91 Å². The van der Waals surface area contributed by atoms with Gasteiger partial charge in [0, 0.05) is 13.1 Å². The summed E-state index contributed by atoms with van der Waals surface area (Å²) in [5.74, 6) is 1.48. The van der Waals surface area contributed by atoms with Crippen LogP contribution in [0.15, 0.2) is 17.5 Å². The standard InChI is InChI=1S/C12H17NOS/c1-9-6-10(2)8-13(7-9)12(14)11-4-3-5-15-11/h3-5,9-10H,6-8H2,1-2H3/t9-,10+. The molecule has 1 amide bonds. The Hall–Kier alpha value is -0.830. The van der Waals surface area contributed by atoms with Crippen LogP contribution in [0, 0.1) is 11.8 Å².